The lowest BCUT2D eigenvalue weighted by Gasteiger charge is -2.08. The Morgan fingerprint density at radius 2 is 2.00 bits per heavy atom. The fourth-order valence-corrected chi connectivity index (χ4v) is 1.45. The van der Waals surface area contributed by atoms with Gasteiger partial charge in [0, 0.05) is 5.56 Å². The van der Waals surface area contributed by atoms with Gasteiger partial charge in [-0.05, 0) is 18.2 Å². The number of alkyl halides is 3. The lowest BCUT2D eigenvalue weighted by molar-refractivity contribution is -0.137. The van der Waals surface area contributed by atoms with E-state index in [2.05, 4.69) is 4.98 Å². The summed E-state index contributed by atoms with van der Waals surface area (Å²) in [6.45, 7) is 0. The molecule has 0 aliphatic rings. The summed E-state index contributed by atoms with van der Waals surface area (Å²) in [6.07, 6.45) is -1.97. The summed E-state index contributed by atoms with van der Waals surface area (Å²) < 4.78 is 42.3. The summed E-state index contributed by atoms with van der Waals surface area (Å²) in [5.74, 6) is 0.205. The Morgan fingerprint density at radius 3 is 2.56 bits per heavy atom. The first-order valence-corrected chi connectivity index (χ1v) is 4.62. The molecule has 2 nitrogen and oxygen atoms in total. The predicted octanol–water partition coefficient (Wildman–Crippen LogP) is 4.01. The molecule has 0 bridgehead atoms. The smallest absolute Gasteiger partial charge is 0.416 e. The number of halogens is 4. The minimum atomic E-state index is -4.40. The van der Waals surface area contributed by atoms with Gasteiger partial charge < -0.3 is 4.42 Å². The lowest BCUT2D eigenvalue weighted by Crippen LogP contribution is -2.04. The van der Waals surface area contributed by atoms with Crippen molar-refractivity contribution in [3.05, 3.63) is 41.4 Å². The van der Waals surface area contributed by atoms with E-state index in [-0.39, 0.29) is 16.3 Å². The van der Waals surface area contributed by atoms with Gasteiger partial charge in [0.15, 0.2) is 12.2 Å². The van der Waals surface area contributed by atoms with E-state index in [9.17, 15) is 13.2 Å². The molecule has 16 heavy (non-hydrogen) atoms. The second-order valence-electron chi connectivity index (χ2n) is 3.06. The number of hydrogen-bond donors (Lipinski definition) is 0. The fourth-order valence-electron chi connectivity index (χ4n) is 1.24. The van der Waals surface area contributed by atoms with E-state index in [1.807, 2.05) is 0 Å². The highest BCUT2D eigenvalue weighted by Gasteiger charge is 2.31. The van der Waals surface area contributed by atoms with Crippen LogP contribution < -0.4 is 0 Å². The molecule has 6 heteroatoms. The molecule has 0 N–H and O–H groups in total. The zero-order valence-electron chi connectivity index (χ0n) is 7.75. The maximum atomic E-state index is 12.5. The Morgan fingerprint density at radius 1 is 1.25 bits per heavy atom. The Balaban J connectivity index is 2.54. The van der Waals surface area contributed by atoms with Crippen LogP contribution in [0.15, 0.2) is 35.2 Å². The largest absolute Gasteiger partial charge is 0.443 e. The first-order chi connectivity index (χ1) is 7.48. The number of rotatable bonds is 1. The van der Waals surface area contributed by atoms with Gasteiger partial charge in [-0.25, -0.2) is 4.98 Å². The average Bonchev–Trinajstić information content (AvgIpc) is 2.69. The molecule has 1 aromatic carbocycles. The van der Waals surface area contributed by atoms with Crippen LogP contribution in [0.5, 0.6) is 0 Å². The van der Waals surface area contributed by atoms with Crippen LogP contribution in [-0.2, 0) is 6.18 Å². The Labute approximate surface area is 93.7 Å². The molecule has 0 unspecified atom stereocenters. The summed E-state index contributed by atoms with van der Waals surface area (Å²) in [6, 6.07) is 3.04. The third kappa shape index (κ3) is 2.04. The summed E-state index contributed by atoms with van der Waals surface area (Å²) in [5, 5.41) is 0.185. The van der Waals surface area contributed by atoms with Gasteiger partial charge in [0.1, 0.15) is 0 Å². The molecule has 2 rings (SSSR count). The summed E-state index contributed by atoms with van der Waals surface area (Å²) in [4.78, 5) is 3.62. The third-order valence-corrected chi connectivity index (χ3v) is 2.32. The summed E-state index contributed by atoms with van der Waals surface area (Å²) in [7, 11) is 0. The molecular formula is C10H5ClF3NO. The van der Waals surface area contributed by atoms with E-state index in [1.165, 1.54) is 12.3 Å². The van der Waals surface area contributed by atoms with E-state index in [0.717, 1.165) is 18.5 Å². The number of benzene rings is 1. The first-order valence-electron chi connectivity index (χ1n) is 4.24. The number of nitrogens with zero attached hydrogens (tertiary/aromatic N) is 1. The standard InChI is InChI=1S/C10H5ClF3NO/c11-8-2-1-6(10(12,13)14)3-7(8)9-4-15-5-16-9/h1-5H. The SMILES string of the molecule is FC(F)(F)c1ccc(Cl)c(-c2cnco2)c1. The van der Waals surface area contributed by atoms with Crippen LogP contribution in [0.4, 0.5) is 13.2 Å². The monoisotopic (exact) mass is 247 g/mol. The Hall–Kier alpha value is -1.49. The molecule has 0 fully saturated rings. The van der Waals surface area contributed by atoms with Crippen molar-refractivity contribution < 1.29 is 17.6 Å². The van der Waals surface area contributed by atoms with Crippen LogP contribution in [0, 0.1) is 0 Å². The Kier molecular flexibility index (Phi) is 2.63. The number of hydrogen-bond acceptors (Lipinski definition) is 2. The Bertz CT molecular complexity index is 493. The quantitative estimate of drug-likeness (QED) is 0.761. The molecule has 1 aromatic heterocycles. The molecule has 1 heterocycles. The molecule has 2 aromatic rings. The van der Waals surface area contributed by atoms with Crippen molar-refractivity contribution >= 4 is 11.6 Å². The molecule has 0 aliphatic heterocycles. The van der Waals surface area contributed by atoms with Gasteiger partial charge in [-0.2, -0.15) is 13.2 Å². The van der Waals surface area contributed by atoms with Crippen LogP contribution in [0.2, 0.25) is 5.02 Å². The molecule has 0 spiro atoms. The van der Waals surface area contributed by atoms with E-state index in [4.69, 9.17) is 16.0 Å². The van der Waals surface area contributed by atoms with Gasteiger partial charge in [0.05, 0.1) is 16.8 Å². The van der Waals surface area contributed by atoms with Gasteiger partial charge >= 0.3 is 6.18 Å². The molecule has 84 valence electrons. The van der Waals surface area contributed by atoms with Crippen molar-refractivity contribution in [3.63, 3.8) is 0 Å². The maximum Gasteiger partial charge on any atom is 0.416 e. The number of aromatic nitrogens is 1. The van der Waals surface area contributed by atoms with Gasteiger partial charge in [0.25, 0.3) is 0 Å². The van der Waals surface area contributed by atoms with Crippen LogP contribution >= 0.6 is 11.6 Å². The second-order valence-corrected chi connectivity index (χ2v) is 3.47. The highest BCUT2D eigenvalue weighted by Crippen LogP contribution is 2.35. The van der Waals surface area contributed by atoms with Crippen molar-refractivity contribution in [2.24, 2.45) is 0 Å². The van der Waals surface area contributed by atoms with Crippen molar-refractivity contribution in [1.82, 2.24) is 4.98 Å². The van der Waals surface area contributed by atoms with Crippen molar-refractivity contribution in [2.75, 3.05) is 0 Å². The van der Waals surface area contributed by atoms with Gasteiger partial charge in [-0.15, -0.1) is 0 Å². The summed E-state index contributed by atoms with van der Waals surface area (Å²) >= 11 is 5.78. The summed E-state index contributed by atoms with van der Waals surface area (Å²) in [5.41, 5.74) is -0.600. The normalized spacial score (nSPS) is 11.8. The zero-order chi connectivity index (χ0) is 11.8. The predicted molar refractivity (Wildman–Crippen MR) is 52.0 cm³/mol. The van der Waals surface area contributed by atoms with Crippen LogP contribution in [0.25, 0.3) is 11.3 Å². The first kappa shape index (κ1) is 11.0. The van der Waals surface area contributed by atoms with Crippen molar-refractivity contribution in [2.45, 2.75) is 6.18 Å². The molecule has 0 radical (unpaired) electrons. The molecule has 0 saturated carbocycles. The van der Waals surface area contributed by atoms with Crippen LogP contribution in [0.3, 0.4) is 0 Å². The molecule has 0 atom stereocenters. The van der Waals surface area contributed by atoms with E-state index in [0.29, 0.717) is 0 Å². The molecule has 0 aliphatic carbocycles. The maximum absolute atomic E-state index is 12.5. The average molecular weight is 248 g/mol. The van der Waals surface area contributed by atoms with E-state index >= 15 is 0 Å². The highest BCUT2D eigenvalue weighted by molar-refractivity contribution is 6.33. The van der Waals surface area contributed by atoms with E-state index < -0.39 is 11.7 Å². The minimum Gasteiger partial charge on any atom is -0.443 e. The topological polar surface area (TPSA) is 26.0 Å². The molecular weight excluding hydrogens is 243 g/mol. The number of oxazole rings is 1. The minimum absolute atomic E-state index is 0.175. The van der Waals surface area contributed by atoms with E-state index in [1.54, 1.807) is 0 Å². The van der Waals surface area contributed by atoms with Crippen LogP contribution in [0.1, 0.15) is 5.56 Å². The zero-order valence-corrected chi connectivity index (χ0v) is 8.51. The third-order valence-electron chi connectivity index (χ3n) is 1.99. The fraction of sp³-hybridized carbons (Fsp3) is 0.100. The van der Waals surface area contributed by atoms with Gasteiger partial charge in [-0.1, -0.05) is 11.6 Å². The van der Waals surface area contributed by atoms with Gasteiger partial charge in [0.2, 0.25) is 0 Å². The van der Waals surface area contributed by atoms with Crippen LogP contribution in [-0.4, -0.2) is 4.98 Å². The highest BCUT2D eigenvalue weighted by atomic mass is 35.5. The molecule has 0 saturated heterocycles. The lowest BCUT2D eigenvalue weighted by atomic mass is 10.1. The van der Waals surface area contributed by atoms with Crippen molar-refractivity contribution in [1.29, 1.82) is 0 Å². The second kappa shape index (κ2) is 3.83. The van der Waals surface area contributed by atoms with Crippen molar-refractivity contribution in [3.8, 4) is 11.3 Å². The van der Waals surface area contributed by atoms with Gasteiger partial charge in [-0.3, -0.25) is 0 Å². The molecule has 0 amide bonds.